The lowest BCUT2D eigenvalue weighted by molar-refractivity contribution is 0.326. The summed E-state index contributed by atoms with van der Waals surface area (Å²) in [6, 6.07) is 7.90. The molecule has 1 aromatic rings. The maximum Gasteiger partial charge on any atom is 0.186 e. The summed E-state index contributed by atoms with van der Waals surface area (Å²) in [4.78, 5) is 0. The largest absolute Gasteiger partial charge is 0.442 e. The predicted molar refractivity (Wildman–Crippen MR) is 63.8 cm³/mol. The van der Waals surface area contributed by atoms with Crippen LogP contribution in [0.15, 0.2) is 36.7 Å². The highest BCUT2D eigenvalue weighted by molar-refractivity contribution is 5.27. The quantitative estimate of drug-likeness (QED) is 0.765. The number of rotatable bonds is 3. The van der Waals surface area contributed by atoms with Crippen LogP contribution < -0.4 is 10.1 Å². The monoisotopic (exact) mass is 205 g/mol. The molecule has 15 heavy (non-hydrogen) atoms. The van der Waals surface area contributed by atoms with Crippen molar-refractivity contribution in [2.24, 2.45) is 0 Å². The van der Waals surface area contributed by atoms with Crippen molar-refractivity contribution in [3.63, 3.8) is 0 Å². The second-order valence-electron chi connectivity index (χ2n) is 4.71. The lowest BCUT2D eigenvalue weighted by Gasteiger charge is -2.23. The highest BCUT2D eigenvalue weighted by Crippen LogP contribution is 2.14. The van der Waals surface area contributed by atoms with E-state index in [0.29, 0.717) is 5.88 Å². The third-order valence-electron chi connectivity index (χ3n) is 1.78. The molecule has 0 amide bonds. The molecule has 0 spiro atoms. The maximum absolute atomic E-state index is 5.54. The van der Waals surface area contributed by atoms with E-state index in [9.17, 15) is 0 Å². The lowest BCUT2D eigenvalue weighted by Crippen LogP contribution is -2.36. The number of benzene rings is 1. The van der Waals surface area contributed by atoms with E-state index in [1.54, 1.807) is 0 Å². The molecule has 0 aliphatic carbocycles. The molecule has 0 heterocycles. The van der Waals surface area contributed by atoms with E-state index in [0.717, 1.165) is 5.75 Å². The fourth-order valence-corrected chi connectivity index (χ4v) is 1.19. The third kappa shape index (κ3) is 4.54. The summed E-state index contributed by atoms with van der Waals surface area (Å²) in [5.41, 5.74) is 1.19. The Labute approximate surface area is 92.0 Å². The van der Waals surface area contributed by atoms with Gasteiger partial charge in [0, 0.05) is 5.54 Å². The Bertz CT molecular complexity index is 333. The molecular formula is C13H19NO. The molecule has 0 aliphatic rings. The van der Waals surface area contributed by atoms with Gasteiger partial charge in [-0.05, 0) is 46.4 Å². The Morgan fingerprint density at radius 2 is 1.73 bits per heavy atom. The molecule has 0 fully saturated rings. The molecule has 2 nitrogen and oxygen atoms in total. The SMILES string of the molecule is C=C(NC(C)(C)C)Oc1ccc(C)cc1. The van der Waals surface area contributed by atoms with Crippen LogP contribution in [-0.4, -0.2) is 5.54 Å². The Kier molecular flexibility index (Phi) is 3.40. The first kappa shape index (κ1) is 11.6. The van der Waals surface area contributed by atoms with E-state index in [1.807, 2.05) is 31.2 Å². The van der Waals surface area contributed by atoms with Crippen molar-refractivity contribution in [2.75, 3.05) is 0 Å². The standard InChI is InChI=1S/C13H19NO/c1-10-6-8-12(9-7-10)15-11(2)14-13(3,4)5/h6-9,14H,2H2,1,3-5H3. The predicted octanol–water partition coefficient (Wildman–Crippen LogP) is 3.23. The minimum Gasteiger partial charge on any atom is -0.442 e. The fraction of sp³-hybridized carbons (Fsp3) is 0.385. The van der Waals surface area contributed by atoms with Crippen molar-refractivity contribution in [1.82, 2.24) is 5.32 Å². The molecule has 1 N–H and O–H groups in total. The first-order valence-corrected chi connectivity index (χ1v) is 5.08. The number of hydrogen-bond acceptors (Lipinski definition) is 2. The van der Waals surface area contributed by atoms with E-state index in [-0.39, 0.29) is 5.54 Å². The van der Waals surface area contributed by atoms with Gasteiger partial charge in [-0.25, -0.2) is 0 Å². The normalized spacial score (nSPS) is 10.9. The Morgan fingerprint density at radius 1 is 1.20 bits per heavy atom. The molecule has 0 saturated carbocycles. The van der Waals surface area contributed by atoms with Gasteiger partial charge in [0.2, 0.25) is 0 Å². The van der Waals surface area contributed by atoms with Crippen LogP contribution in [0.2, 0.25) is 0 Å². The van der Waals surface area contributed by atoms with Gasteiger partial charge in [-0.3, -0.25) is 0 Å². The topological polar surface area (TPSA) is 21.3 Å². The second-order valence-corrected chi connectivity index (χ2v) is 4.71. The number of nitrogens with one attached hydrogen (secondary N) is 1. The molecule has 0 atom stereocenters. The van der Waals surface area contributed by atoms with Crippen LogP contribution in [0.3, 0.4) is 0 Å². The van der Waals surface area contributed by atoms with Crippen molar-refractivity contribution >= 4 is 0 Å². The van der Waals surface area contributed by atoms with E-state index in [1.165, 1.54) is 5.56 Å². The molecule has 0 bridgehead atoms. The zero-order valence-corrected chi connectivity index (χ0v) is 9.92. The highest BCUT2D eigenvalue weighted by Gasteiger charge is 2.10. The summed E-state index contributed by atoms with van der Waals surface area (Å²) >= 11 is 0. The maximum atomic E-state index is 5.54. The van der Waals surface area contributed by atoms with E-state index in [4.69, 9.17) is 4.74 Å². The van der Waals surface area contributed by atoms with Crippen LogP contribution in [0.5, 0.6) is 5.75 Å². The smallest absolute Gasteiger partial charge is 0.186 e. The second kappa shape index (κ2) is 4.39. The van der Waals surface area contributed by atoms with Crippen LogP contribution in [0.4, 0.5) is 0 Å². The van der Waals surface area contributed by atoms with Crippen LogP contribution >= 0.6 is 0 Å². The molecular weight excluding hydrogens is 186 g/mol. The van der Waals surface area contributed by atoms with Gasteiger partial charge in [0.1, 0.15) is 5.75 Å². The summed E-state index contributed by atoms with van der Waals surface area (Å²) in [7, 11) is 0. The number of ether oxygens (including phenoxy) is 1. The molecule has 0 saturated heterocycles. The van der Waals surface area contributed by atoms with Crippen molar-refractivity contribution in [1.29, 1.82) is 0 Å². The summed E-state index contributed by atoms with van der Waals surface area (Å²) in [6.07, 6.45) is 0. The van der Waals surface area contributed by atoms with Gasteiger partial charge in [-0.15, -0.1) is 0 Å². The van der Waals surface area contributed by atoms with Gasteiger partial charge in [-0.2, -0.15) is 0 Å². The summed E-state index contributed by atoms with van der Waals surface area (Å²) in [6.45, 7) is 12.1. The highest BCUT2D eigenvalue weighted by atomic mass is 16.5. The number of hydrogen-bond donors (Lipinski definition) is 1. The van der Waals surface area contributed by atoms with E-state index in [2.05, 4.69) is 32.7 Å². The molecule has 1 aromatic carbocycles. The molecule has 0 aromatic heterocycles. The van der Waals surface area contributed by atoms with Crippen LogP contribution in [0, 0.1) is 6.92 Å². The first-order valence-electron chi connectivity index (χ1n) is 5.08. The van der Waals surface area contributed by atoms with Gasteiger partial charge in [0.15, 0.2) is 5.88 Å². The van der Waals surface area contributed by atoms with Gasteiger partial charge >= 0.3 is 0 Å². The van der Waals surface area contributed by atoms with Gasteiger partial charge in [-0.1, -0.05) is 17.7 Å². The molecule has 0 aliphatic heterocycles. The minimum absolute atomic E-state index is 0.0260. The molecule has 2 heteroatoms. The van der Waals surface area contributed by atoms with Crippen molar-refractivity contribution in [3.05, 3.63) is 42.3 Å². The van der Waals surface area contributed by atoms with Crippen molar-refractivity contribution < 1.29 is 4.74 Å². The van der Waals surface area contributed by atoms with E-state index < -0.39 is 0 Å². The van der Waals surface area contributed by atoms with Gasteiger partial charge in [0.05, 0.1) is 0 Å². The summed E-state index contributed by atoms with van der Waals surface area (Å²) in [5.74, 6) is 1.38. The van der Waals surface area contributed by atoms with Crippen LogP contribution in [0.1, 0.15) is 26.3 Å². The summed E-state index contributed by atoms with van der Waals surface area (Å²) in [5, 5.41) is 3.17. The lowest BCUT2D eigenvalue weighted by atomic mass is 10.1. The van der Waals surface area contributed by atoms with Crippen molar-refractivity contribution in [3.8, 4) is 5.75 Å². The Hall–Kier alpha value is -1.44. The third-order valence-corrected chi connectivity index (χ3v) is 1.78. The van der Waals surface area contributed by atoms with Gasteiger partial charge in [0.25, 0.3) is 0 Å². The number of aryl methyl sites for hydroxylation is 1. The van der Waals surface area contributed by atoms with Crippen molar-refractivity contribution in [2.45, 2.75) is 33.2 Å². The van der Waals surface area contributed by atoms with E-state index >= 15 is 0 Å². The van der Waals surface area contributed by atoms with Gasteiger partial charge < -0.3 is 10.1 Å². The average Bonchev–Trinajstić information content (AvgIpc) is 2.05. The zero-order chi connectivity index (χ0) is 11.5. The Morgan fingerprint density at radius 3 is 2.20 bits per heavy atom. The zero-order valence-electron chi connectivity index (χ0n) is 9.92. The Balaban J connectivity index is 2.55. The fourth-order valence-electron chi connectivity index (χ4n) is 1.19. The molecule has 0 radical (unpaired) electrons. The molecule has 1 rings (SSSR count). The molecule has 0 unspecified atom stereocenters. The molecule has 82 valence electrons. The van der Waals surface area contributed by atoms with Crippen LogP contribution in [0.25, 0.3) is 0 Å². The van der Waals surface area contributed by atoms with Crippen LogP contribution in [-0.2, 0) is 0 Å². The summed E-state index contributed by atoms with van der Waals surface area (Å²) < 4.78 is 5.54. The average molecular weight is 205 g/mol. The first-order chi connectivity index (χ1) is 6.87. The minimum atomic E-state index is -0.0260.